The largest absolute Gasteiger partial charge is 0.534 e. The Hall–Kier alpha value is -2.50. The molecule has 2 unspecified atom stereocenters. The highest BCUT2D eigenvalue weighted by atomic mass is 32.2. The van der Waals surface area contributed by atoms with Crippen LogP contribution in [-0.4, -0.2) is 48.5 Å². The van der Waals surface area contributed by atoms with Crippen LogP contribution in [0.4, 0.5) is 18.0 Å². The summed E-state index contributed by atoms with van der Waals surface area (Å²) in [5, 5.41) is 12.2. The average molecular weight is 464 g/mol. The molecule has 2 N–H and O–H groups in total. The number of carboxylic acid groups (broad SMARTS) is 1. The van der Waals surface area contributed by atoms with Crippen molar-refractivity contribution in [3.8, 4) is 5.75 Å². The molecule has 31 heavy (non-hydrogen) atoms. The fourth-order valence-corrected chi connectivity index (χ4v) is 4.55. The van der Waals surface area contributed by atoms with Gasteiger partial charge in [0.2, 0.25) is 5.91 Å². The van der Waals surface area contributed by atoms with Crippen LogP contribution in [0.15, 0.2) is 18.2 Å². The number of hydrogen-bond acceptors (Lipinski definition) is 5. The molecular formula is C19H23F3N2O6S. The number of carbonyl (C=O) groups excluding carboxylic acids is 1. The highest BCUT2D eigenvalue weighted by Gasteiger charge is 2.48. The number of aryl methyl sites for hydroxylation is 1. The van der Waals surface area contributed by atoms with Crippen LogP contribution in [0.3, 0.4) is 0 Å². The van der Waals surface area contributed by atoms with Gasteiger partial charge in [0.25, 0.3) is 0 Å². The van der Waals surface area contributed by atoms with Crippen molar-refractivity contribution in [3.63, 3.8) is 0 Å². The zero-order chi connectivity index (χ0) is 22.8. The SMILES string of the molecule is O=C(CC1CCCCN1C(=O)O)NC1CCCc2cc(OS(=O)(=O)C(F)(F)F)ccc21. The van der Waals surface area contributed by atoms with Gasteiger partial charge in [-0.25, -0.2) is 4.79 Å². The fraction of sp³-hybridized carbons (Fsp3) is 0.579. The number of alkyl halides is 3. The van der Waals surface area contributed by atoms with Gasteiger partial charge in [-0.3, -0.25) is 4.79 Å². The molecule has 12 heteroatoms. The molecule has 1 aromatic carbocycles. The van der Waals surface area contributed by atoms with Crippen molar-refractivity contribution in [1.82, 2.24) is 10.2 Å². The number of fused-ring (bicyclic) bond motifs is 1. The van der Waals surface area contributed by atoms with Crippen LogP contribution in [0.1, 0.15) is 55.7 Å². The topological polar surface area (TPSA) is 113 Å². The molecular weight excluding hydrogens is 441 g/mol. The Kier molecular flexibility index (Phi) is 6.68. The number of piperidine rings is 1. The van der Waals surface area contributed by atoms with Gasteiger partial charge in [-0.2, -0.15) is 21.6 Å². The molecule has 0 aromatic heterocycles. The van der Waals surface area contributed by atoms with Crippen molar-refractivity contribution in [2.45, 2.75) is 62.5 Å². The van der Waals surface area contributed by atoms with Crippen LogP contribution in [-0.2, 0) is 21.3 Å². The van der Waals surface area contributed by atoms with Crippen molar-refractivity contribution in [2.75, 3.05) is 6.54 Å². The molecule has 1 aliphatic heterocycles. The maximum absolute atomic E-state index is 12.6. The van der Waals surface area contributed by atoms with Gasteiger partial charge in [-0.1, -0.05) is 6.07 Å². The van der Waals surface area contributed by atoms with Crippen molar-refractivity contribution in [2.24, 2.45) is 0 Å². The Bertz CT molecular complexity index is 950. The zero-order valence-corrected chi connectivity index (χ0v) is 17.3. The molecule has 1 aromatic rings. The van der Waals surface area contributed by atoms with E-state index in [0.717, 1.165) is 18.9 Å². The number of halogens is 3. The van der Waals surface area contributed by atoms with E-state index in [2.05, 4.69) is 9.50 Å². The Balaban J connectivity index is 1.69. The van der Waals surface area contributed by atoms with E-state index in [1.165, 1.54) is 17.0 Å². The van der Waals surface area contributed by atoms with E-state index in [1.54, 1.807) is 0 Å². The Morgan fingerprint density at radius 3 is 2.61 bits per heavy atom. The molecule has 172 valence electrons. The minimum absolute atomic E-state index is 0.0309. The third-order valence-electron chi connectivity index (χ3n) is 5.55. The van der Waals surface area contributed by atoms with Crippen LogP contribution in [0.25, 0.3) is 0 Å². The highest BCUT2D eigenvalue weighted by Crippen LogP contribution is 2.34. The first-order valence-electron chi connectivity index (χ1n) is 9.90. The molecule has 3 rings (SSSR count). The molecule has 1 fully saturated rings. The fourth-order valence-electron chi connectivity index (χ4n) is 4.10. The molecule has 0 saturated carbocycles. The molecule has 2 amide bonds. The normalized spacial score (nSPS) is 21.8. The smallest absolute Gasteiger partial charge is 0.465 e. The molecule has 2 atom stereocenters. The van der Waals surface area contributed by atoms with Gasteiger partial charge in [0, 0.05) is 19.0 Å². The maximum Gasteiger partial charge on any atom is 0.534 e. The lowest BCUT2D eigenvalue weighted by Crippen LogP contribution is -2.45. The lowest BCUT2D eigenvalue weighted by molar-refractivity contribution is -0.123. The molecule has 8 nitrogen and oxygen atoms in total. The second kappa shape index (κ2) is 8.93. The minimum atomic E-state index is -5.76. The first-order chi connectivity index (χ1) is 14.5. The molecule has 0 spiro atoms. The standard InChI is InChI=1S/C19H23F3N2O6S/c20-19(21,22)31(28,29)30-14-7-8-15-12(10-14)4-3-6-16(15)23-17(25)11-13-5-1-2-9-24(13)18(26)27/h7-8,10,13,16H,1-6,9,11H2,(H,23,25)(H,26,27). The van der Waals surface area contributed by atoms with Crippen LogP contribution < -0.4 is 9.50 Å². The van der Waals surface area contributed by atoms with Gasteiger partial charge < -0.3 is 19.5 Å². The van der Waals surface area contributed by atoms with Crippen LogP contribution in [0.5, 0.6) is 5.75 Å². The first kappa shape index (κ1) is 23.2. The van der Waals surface area contributed by atoms with E-state index >= 15 is 0 Å². The van der Waals surface area contributed by atoms with Crippen molar-refractivity contribution in [3.05, 3.63) is 29.3 Å². The van der Waals surface area contributed by atoms with E-state index in [0.29, 0.717) is 43.4 Å². The Labute approximate surface area is 177 Å². The summed E-state index contributed by atoms with van der Waals surface area (Å²) in [6, 6.07) is 3.03. The minimum Gasteiger partial charge on any atom is -0.465 e. The first-order valence-corrected chi connectivity index (χ1v) is 11.3. The third-order valence-corrected chi connectivity index (χ3v) is 6.53. The van der Waals surface area contributed by atoms with Gasteiger partial charge in [0.05, 0.1) is 6.04 Å². The van der Waals surface area contributed by atoms with Crippen molar-refractivity contribution < 1.29 is 40.5 Å². The second-order valence-corrected chi connectivity index (χ2v) is 9.22. The zero-order valence-electron chi connectivity index (χ0n) is 16.5. The summed E-state index contributed by atoms with van der Waals surface area (Å²) in [5.41, 5.74) is -4.26. The lowest BCUT2D eigenvalue weighted by atomic mass is 9.87. The van der Waals surface area contributed by atoms with Crippen molar-refractivity contribution >= 4 is 22.1 Å². The number of likely N-dealkylation sites (tertiary alicyclic amines) is 1. The van der Waals surface area contributed by atoms with E-state index < -0.39 is 39.6 Å². The Morgan fingerprint density at radius 1 is 1.19 bits per heavy atom. The summed E-state index contributed by atoms with van der Waals surface area (Å²) in [6.45, 7) is 0.392. The molecule has 0 bridgehead atoms. The number of carbonyl (C=O) groups is 2. The van der Waals surface area contributed by atoms with E-state index in [9.17, 15) is 36.3 Å². The van der Waals surface area contributed by atoms with Gasteiger partial charge >= 0.3 is 21.7 Å². The van der Waals surface area contributed by atoms with Gasteiger partial charge in [0.15, 0.2) is 0 Å². The monoisotopic (exact) mass is 464 g/mol. The predicted octanol–water partition coefficient (Wildman–Crippen LogP) is 3.33. The average Bonchev–Trinajstić information content (AvgIpc) is 2.67. The number of amides is 2. The summed E-state index contributed by atoms with van der Waals surface area (Å²) in [6.07, 6.45) is 2.93. The lowest BCUT2D eigenvalue weighted by Gasteiger charge is -2.34. The summed E-state index contributed by atoms with van der Waals surface area (Å²) in [4.78, 5) is 25.2. The number of rotatable bonds is 5. The number of nitrogens with zero attached hydrogens (tertiary/aromatic N) is 1. The van der Waals surface area contributed by atoms with Crippen LogP contribution >= 0.6 is 0 Å². The molecule has 0 radical (unpaired) electrons. The van der Waals surface area contributed by atoms with Gasteiger partial charge in [0.1, 0.15) is 5.75 Å². The summed E-state index contributed by atoms with van der Waals surface area (Å²) >= 11 is 0. The van der Waals surface area contributed by atoms with Gasteiger partial charge in [-0.15, -0.1) is 0 Å². The highest BCUT2D eigenvalue weighted by molar-refractivity contribution is 7.88. The van der Waals surface area contributed by atoms with Crippen molar-refractivity contribution in [1.29, 1.82) is 0 Å². The maximum atomic E-state index is 12.6. The molecule has 1 saturated heterocycles. The molecule has 1 heterocycles. The predicted molar refractivity (Wildman–Crippen MR) is 103 cm³/mol. The number of benzene rings is 1. The van der Waals surface area contributed by atoms with Crippen LogP contribution in [0.2, 0.25) is 0 Å². The third kappa shape index (κ3) is 5.41. The molecule has 1 aliphatic carbocycles. The van der Waals surface area contributed by atoms with E-state index in [4.69, 9.17) is 0 Å². The van der Waals surface area contributed by atoms with Gasteiger partial charge in [-0.05, 0) is 61.8 Å². The van der Waals surface area contributed by atoms with E-state index in [-0.39, 0.29) is 12.3 Å². The quantitative estimate of drug-likeness (QED) is 0.511. The summed E-state index contributed by atoms with van der Waals surface area (Å²) < 4.78 is 64.2. The van der Waals surface area contributed by atoms with Crippen LogP contribution in [0, 0.1) is 0 Å². The number of nitrogens with one attached hydrogen (secondary N) is 1. The number of hydrogen-bond donors (Lipinski definition) is 2. The summed E-state index contributed by atoms with van der Waals surface area (Å²) in [5.74, 6) is -0.752. The molecule has 2 aliphatic rings. The Morgan fingerprint density at radius 2 is 1.94 bits per heavy atom. The second-order valence-electron chi connectivity index (χ2n) is 7.69. The van der Waals surface area contributed by atoms with E-state index in [1.807, 2.05) is 0 Å². The summed E-state index contributed by atoms with van der Waals surface area (Å²) in [7, 11) is -5.76.